The number of hydrogen-bond donors (Lipinski definition) is 2. The van der Waals surface area contributed by atoms with Gasteiger partial charge in [-0.15, -0.1) is 11.3 Å². The second-order valence-corrected chi connectivity index (χ2v) is 19.2. The molecule has 54 heavy (non-hydrogen) atoms. The maximum absolute atomic E-state index is 14.5. The number of rotatable bonds is 8. The highest BCUT2D eigenvalue weighted by Crippen LogP contribution is 2.57. The average molecular weight is 778 g/mol. The minimum atomic E-state index is -3.91. The van der Waals surface area contributed by atoms with Crippen LogP contribution < -0.4 is 19.9 Å². The van der Waals surface area contributed by atoms with Crippen LogP contribution in [0.3, 0.4) is 0 Å². The Morgan fingerprint density at radius 2 is 1.91 bits per heavy atom. The lowest BCUT2D eigenvalue weighted by Crippen LogP contribution is -2.50. The molecule has 7 rings (SSSR count). The number of Topliss-reactive ketones (excluding diaryl/α,β-unsaturated/α-hetero) is 1. The van der Waals surface area contributed by atoms with E-state index in [4.69, 9.17) is 25.2 Å². The number of aromatic nitrogens is 2. The Kier molecular flexibility index (Phi) is 10.4. The summed E-state index contributed by atoms with van der Waals surface area (Å²) in [5.74, 6) is -0.0832. The van der Waals surface area contributed by atoms with Gasteiger partial charge in [0.25, 0.3) is 0 Å². The minimum Gasteiger partial charge on any atom is -0.496 e. The minimum absolute atomic E-state index is 0.126. The molecule has 3 N–H and O–H groups in total. The van der Waals surface area contributed by atoms with Crippen LogP contribution in [-0.4, -0.2) is 77.5 Å². The Labute approximate surface area is 321 Å². The van der Waals surface area contributed by atoms with E-state index in [1.54, 1.807) is 14.0 Å². The van der Waals surface area contributed by atoms with E-state index >= 15 is 0 Å². The van der Waals surface area contributed by atoms with Crippen LogP contribution in [0.5, 0.6) is 11.5 Å². The van der Waals surface area contributed by atoms with E-state index in [0.29, 0.717) is 48.4 Å². The number of pyridine rings is 1. The molecule has 0 radical (unpaired) electrons. The average Bonchev–Trinajstić information content (AvgIpc) is 3.90. The van der Waals surface area contributed by atoms with Crippen molar-refractivity contribution >= 4 is 49.9 Å². The largest absolute Gasteiger partial charge is 0.496 e. The summed E-state index contributed by atoms with van der Waals surface area (Å²) in [6.07, 6.45) is 8.54. The second kappa shape index (κ2) is 14.6. The number of fused-ring (bicyclic) bond motifs is 3. The zero-order valence-electron chi connectivity index (χ0n) is 31.7. The van der Waals surface area contributed by atoms with Crippen molar-refractivity contribution < 1.29 is 32.3 Å². The standard InChI is InChI=1S/C40H51N5O7S2/c1-23(2)30-22-53-36(43-30)29-18-34(27-13-14-33(51-5)24(3)35(27)42-29)52-26-17-31-32(46)20-40(38(48)44-54(49,50)39(4)15-16-39)19-25(40)11-9-7-6-8-10-12-28(41)37(47)45(31)21-26/h9,11,13-14,18,22-23,25-26,28,31H,6-8,10,12,15-17,19-21,41H2,1-5H3,(H,44,48)/b11-9-/t25-,26-,28+,31+,40-/m1/s1. The fraction of sp³-hybridized carbons (Fsp3) is 0.575. The van der Waals surface area contributed by atoms with Crippen molar-refractivity contribution in [1.82, 2.24) is 19.6 Å². The lowest BCUT2D eigenvalue weighted by atomic mass is 9.91. The maximum Gasteiger partial charge on any atom is 0.240 e. The number of benzene rings is 1. The first kappa shape index (κ1) is 38.4. The molecule has 14 heteroatoms. The number of aryl methyl sites for hydroxylation is 1. The van der Waals surface area contributed by atoms with Gasteiger partial charge in [0.05, 0.1) is 47.1 Å². The Morgan fingerprint density at radius 3 is 2.61 bits per heavy atom. The molecule has 4 aliphatic rings. The topological polar surface area (TPSA) is 171 Å². The lowest BCUT2D eigenvalue weighted by molar-refractivity contribution is -0.140. The van der Waals surface area contributed by atoms with Crippen LogP contribution in [0, 0.1) is 18.3 Å². The molecule has 3 fully saturated rings. The SMILES string of the molecule is COc1ccc2c(O[C@@H]3C[C@H]4C(=O)C[C@]5(C(=O)NS(=O)(=O)C6(C)CC6)C[C@H]5/C=C\CCCCC[C@H](N)C(=O)N4C3)cc(-c3nc(C(C)C)cs3)nc2c1C. The van der Waals surface area contributed by atoms with E-state index < -0.39 is 44.3 Å². The van der Waals surface area contributed by atoms with Gasteiger partial charge in [0, 0.05) is 35.2 Å². The highest BCUT2D eigenvalue weighted by molar-refractivity contribution is 7.91. The first-order valence-electron chi connectivity index (χ1n) is 19.1. The maximum atomic E-state index is 14.5. The highest BCUT2D eigenvalue weighted by Gasteiger charge is 2.62. The number of ether oxygens (including phenoxy) is 2. The summed E-state index contributed by atoms with van der Waals surface area (Å²) in [5.41, 5.74) is 8.43. The first-order valence-corrected chi connectivity index (χ1v) is 21.5. The van der Waals surface area contributed by atoms with Crippen LogP contribution in [0.1, 0.15) is 102 Å². The molecule has 4 heterocycles. The van der Waals surface area contributed by atoms with Crippen LogP contribution >= 0.6 is 11.3 Å². The number of nitrogens with zero attached hydrogens (tertiary/aromatic N) is 3. The quantitative estimate of drug-likeness (QED) is 0.260. The molecule has 12 nitrogen and oxygen atoms in total. The van der Waals surface area contributed by atoms with Gasteiger partial charge in [0.15, 0.2) is 5.78 Å². The summed E-state index contributed by atoms with van der Waals surface area (Å²) in [5, 5.41) is 3.53. The highest BCUT2D eigenvalue weighted by atomic mass is 32.2. The summed E-state index contributed by atoms with van der Waals surface area (Å²) in [7, 11) is -2.30. The predicted octanol–water partition coefficient (Wildman–Crippen LogP) is 5.96. The van der Waals surface area contributed by atoms with Gasteiger partial charge < -0.3 is 20.1 Å². The summed E-state index contributed by atoms with van der Waals surface area (Å²) >= 11 is 1.51. The Balaban J connectivity index is 1.21. The van der Waals surface area contributed by atoms with E-state index in [-0.39, 0.29) is 42.9 Å². The van der Waals surface area contributed by atoms with Gasteiger partial charge in [-0.2, -0.15) is 0 Å². The molecule has 5 atom stereocenters. The number of carbonyl (C=O) groups is 3. The van der Waals surface area contributed by atoms with Gasteiger partial charge in [-0.25, -0.2) is 18.4 Å². The number of carbonyl (C=O) groups excluding carboxylic acids is 3. The molecule has 0 spiro atoms. The van der Waals surface area contributed by atoms with Crippen molar-refractivity contribution in [2.24, 2.45) is 17.1 Å². The molecule has 3 aromatic rings. The van der Waals surface area contributed by atoms with Crippen molar-refractivity contribution in [2.75, 3.05) is 13.7 Å². The number of allylic oxidation sites excluding steroid dienone is 2. The van der Waals surface area contributed by atoms with Gasteiger partial charge in [-0.05, 0) is 76.3 Å². The van der Waals surface area contributed by atoms with Gasteiger partial charge in [0.1, 0.15) is 28.3 Å². The normalized spacial score (nSPS) is 27.8. The third-order valence-corrected chi connectivity index (χ3v) is 14.9. The molecule has 2 aliphatic heterocycles. The van der Waals surface area contributed by atoms with Crippen LogP contribution in [-0.2, 0) is 24.4 Å². The summed E-state index contributed by atoms with van der Waals surface area (Å²) in [6.45, 7) is 7.88. The van der Waals surface area contributed by atoms with Crippen molar-refractivity contribution in [3.05, 3.63) is 47.0 Å². The van der Waals surface area contributed by atoms with E-state index in [2.05, 4.69) is 18.6 Å². The van der Waals surface area contributed by atoms with Crippen molar-refractivity contribution in [1.29, 1.82) is 0 Å². The predicted molar refractivity (Wildman–Crippen MR) is 208 cm³/mol. The summed E-state index contributed by atoms with van der Waals surface area (Å²) in [4.78, 5) is 53.7. The summed E-state index contributed by atoms with van der Waals surface area (Å²) in [6, 6.07) is 3.94. The van der Waals surface area contributed by atoms with E-state index in [1.807, 2.05) is 42.7 Å². The van der Waals surface area contributed by atoms with Gasteiger partial charge in [-0.3, -0.25) is 19.1 Å². The Bertz CT molecular complexity index is 2110. The Hall–Kier alpha value is -3.88. The Morgan fingerprint density at radius 1 is 1.13 bits per heavy atom. The monoisotopic (exact) mass is 777 g/mol. The molecule has 0 unspecified atom stereocenters. The van der Waals surface area contributed by atoms with Crippen LogP contribution in [0.2, 0.25) is 0 Å². The number of hydrogen-bond acceptors (Lipinski definition) is 11. The molecule has 2 saturated carbocycles. The molecule has 2 amide bonds. The second-order valence-electron chi connectivity index (χ2n) is 16.2. The number of thiazole rings is 1. The van der Waals surface area contributed by atoms with Gasteiger partial charge in [-0.1, -0.05) is 38.8 Å². The number of nitrogens with two attached hydrogens (primary N) is 1. The van der Waals surface area contributed by atoms with E-state index in [0.717, 1.165) is 47.3 Å². The smallest absolute Gasteiger partial charge is 0.240 e. The number of sulfonamides is 1. The van der Waals surface area contributed by atoms with Crippen LogP contribution in [0.4, 0.5) is 0 Å². The lowest BCUT2D eigenvalue weighted by Gasteiger charge is -2.27. The summed E-state index contributed by atoms with van der Waals surface area (Å²) < 4.78 is 40.1. The van der Waals surface area contributed by atoms with Gasteiger partial charge >= 0.3 is 0 Å². The third kappa shape index (κ3) is 7.28. The third-order valence-electron chi connectivity index (χ3n) is 11.9. The first-order chi connectivity index (χ1) is 25.7. The molecule has 2 aliphatic carbocycles. The van der Waals surface area contributed by atoms with E-state index in [1.165, 1.54) is 16.2 Å². The molecule has 2 aromatic heterocycles. The van der Waals surface area contributed by atoms with Gasteiger partial charge in [0.2, 0.25) is 21.8 Å². The van der Waals surface area contributed by atoms with Crippen LogP contribution in [0.25, 0.3) is 21.6 Å². The zero-order valence-corrected chi connectivity index (χ0v) is 33.4. The van der Waals surface area contributed by atoms with Crippen molar-refractivity contribution in [3.63, 3.8) is 0 Å². The molecule has 1 aromatic carbocycles. The molecule has 1 saturated heterocycles. The number of nitrogens with one attached hydrogen (secondary N) is 1. The number of methoxy groups -OCH3 is 1. The molecule has 290 valence electrons. The van der Waals surface area contributed by atoms with E-state index in [9.17, 15) is 22.8 Å². The fourth-order valence-corrected chi connectivity index (χ4v) is 10.1. The van der Waals surface area contributed by atoms with Crippen molar-refractivity contribution in [2.45, 2.75) is 121 Å². The molecular weight excluding hydrogens is 727 g/mol. The number of amides is 2. The van der Waals surface area contributed by atoms with Crippen LogP contribution in [0.15, 0.2) is 35.7 Å². The fourth-order valence-electron chi connectivity index (χ4n) is 7.84. The molecule has 0 bridgehead atoms. The van der Waals surface area contributed by atoms with Crippen molar-refractivity contribution in [3.8, 4) is 22.2 Å². The number of ketones is 1. The molecular formula is C40H51N5O7S2. The zero-order chi connectivity index (χ0) is 38.6.